The number of aliphatic hydroxyl groups excluding tert-OH is 16. The van der Waals surface area contributed by atoms with E-state index in [-0.39, 0.29) is 0 Å². The zero-order valence-electron chi connectivity index (χ0n) is 31.2. The molecule has 4 rings (SSSR count). The zero-order valence-corrected chi connectivity index (χ0v) is 31.2. The lowest BCUT2D eigenvalue weighted by atomic mass is 9.93. The van der Waals surface area contributed by atoms with Crippen molar-refractivity contribution in [2.75, 3.05) is 33.0 Å². The summed E-state index contributed by atoms with van der Waals surface area (Å²) in [5.74, 6) is -0.849. The molecule has 0 saturated carbocycles. The molecule has 0 aromatic carbocycles. The fraction of sp³-hybridized carbons (Fsp3) is 0.969. The maximum absolute atomic E-state index is 12.7. The lowest BCUT2D eigenvalue weighted by Gasteiger charge is -2.51. The summed E-state index contributed by atoms with van der Waals surface area (Å²) >= 11 is 0. The number of aliphatic hydroxyl groups is 16. The minimum absolute atomic E-state index is 0.849. The van der Waals surface area contributed by atoms with Crippen LogP contribution in [0.2, 0.25) is 0 Å². The average molecular weight is 856 g/mol. The summed E-state index contributed by atoms with van der Waals surface area (Å²) in [5.41, 5.74) is 0. The van der Waals surface area contributed by atoms with Crippen molar-refractivity contribution in [3.8, 4) is 0 Å². The van der Waals surface area contributed by atoms with Crippen LogP contribution in [0.15, 0.2) is 0 Å². The summed E-state index contributed by atoms with van der Waals surface area (Å²) in [4.78, 5) is 12.7. The molecule has 26 heteroatoms. The molecule has 0 radical (unpaired) electrons. The predicted octanol–water partition coefficient (Wildman–Crippen LogP) is -11.1. The highest BCUT2D eigenvalue weighted by molar-refractivity contribution is 5.73. The number of hydrogen-bond acceptors (Lipinski definition) is 25. The summed E-state index contributed by atoms with van der Waals surface area (Å²) in [6, 6.07) is -1.76. The molecule has 17 N–H and O–H groups in total. The first-order chi connectivity index (χ1) is 27.3. The second-order valence-electron chi connectivity index (χ2n) is 14.4. The van der Waals surface area contributed by atoms with E-state index in [1.165, 1.54) is 6.92 Å². The Kier molecular flexibility index (Phi) is 18.3. The third-order valence-corrected chi connectivity index (χ3v) is 10.3. The van der Waals surface area contributed by atoms with Crippen LogP contribution in [-0.2, 0) is 42.7 Å². The minimum atomic E-state index is -2.19. The van der Waals surface area contributed by atoms with Crippen LogP contribution < -0.4 is 5.32 Å². The van der Waals surface area contributed by atoms with Crippen molar-refractivity contribution in [2.45, 2.75) is 161 Å². The Morgan fingerprint density at radius 3 is 1.59 bits per heavy atom. The van der Waals surface area contributed by atoms with E-state index in [2.05, 4.69) is 5.32 Å². The molecular formula is C32H57NO25. The summed E-state index contributed by atoms with van der Waals surface area (Å²) in [7, 11) is 0. The Morgan fingerprint density at radius 1 is 0.552 bits per heavy atom. The van der Waals surface area contributed by atoms with Gasteiger partial charge in [0, 0.05) is 6.92 Å². The van der Waals surface area contributed by atoms with Crippen LogP contribution >= 0.6 is 0 Å². The van der Waals surface area contributed by atoms with E-state index in [4.69, 9.17) is 37.9 Å². The molecular weight excluding hydrogens is 798 g/mol. The molecule has 26 nitrogen and oxygen atoms in total. The molecule has 0 spiro atoms. The van der Waals surface area contributed by atoms with Crippen LogP contribution in [0.5, 0.6) is 0 Å². The number of amides is 1. The number of carbonyl (C=O) groups excluding carboxylic acids is 1. The molecule has 24 atom stereocenters. The molecule has 0 aliphatic carbocycles. The van der Waals surface area contributed by atoms with Crippen LogP contribution in [0.3, 0.4) is 0 Å². The van der Waals surface area contributed by atoms with Crippen molar-refractivity contribution in [2.24, 2.45) is 0 Å². The number of rotatable bonds is 17. The first kappa shape index (κ1) is 49.2. The summed E-state index contributed by atoms with van der Waals surface area (Å²) < 4.78 is 45.9. The molecule has 4 aliphatic heterocycles. The Bertz CT molecular complexity index is 1260. The van der Waals surface area contributed by atoms with Gasteiger partial charge in [0.2, 0.25) is 5.91 Å². The van der Waals surface area contributed by atoms with Gasteiger partial charge in [-0.1, -0.05) is 0 Å². The van der Waals surface area contributed by atoms with E-state index in [0.717, 1.165) is 6.92 Å². The maximum Gasteiger partial charge on any atom is 0.217 e. The van der Waals surface area contributed by atoms with Crippen molar-refractivity contribution in [1.29, 1.82) is 0 Å². The van der Waals surface area contributed by atoms with Crippen LogP contribution in [0.4, 0.5) is 0 Å². The molecule has 4 saturated heterocycles. The minimum Gasteiger partial charge on any atom is -0.394 e. The smallest absolute Gasteiger partial charge is 0.217 e. The van der Waals surface area contributed by atoms with E-state index in [1.54, 1.807) is 0 Å². The fourth-order valence-electron chi connectivity index (χ4n) is 6.96. The third-order valence-electron chi connectivity index (χ3n) is 10.3. The molecule has 4 fully saturated rings. The fourth-order valence-corrected chi connectivity index (χ4v) is 6.96. The van der Waals surface area contributed by atoms with Crippen molar-refractivity contribution in [1.82, 2.24) is 5.32 Å². The SMILES string of the molecule is CC(=O)N[C@H]1[C@H](O[C@H]2[C@@H](O)[C@@H](CO)O[C@@H](O[C@@H]([C@H](O)[C@@H](O)CO)[C@H](O)CO)[C@@H]2O)O[C@H](CO)[C@@H](O[C@@H]2O[C@H](CO)[C@H](O)[C@H](O)[C@H]2O)[C@@H]1O[C@@H]1O[C@@H](C)[C@@H](O)[C@@H](O)[C@@H]1O. The van der Waals surface area contributed by atoms with Gasteiger partial charge < -0.3 is 125 Å². The monoisotopic (exact) mass is 855 g/mol. The van der Waals surface area contributed by atoms with Gasteiger partial charge in [0.1, 0.15) is 116 Å². The van der Waals surface area contributed by atoms with Gasteiger partial charge in [-0.05, 0) is 6.92 Å². The highest BCUT2D eigenvalue weighted by Gasteiger charge is 2.57. The van der Waals surface area contributed by atoms with E-state index in [1.807, 2.05) is 0 Å². The summed E-state index contributed by atoms with van der Waals surface area (Å²) in [6.45, 7) is -2.70. The molecule has 0 aromatic heterocycles. The van der Waals surface area contributed by atoms with Gasteiger partial charge in [0.25, 0.3) is 0 Å². The first-order valence-electron chi connectivity index (χ1n) is 18.4. The van der Waals surface area contributed by atoms with Gasteiger partial charge >= 0.3 is 0 Å². The van der Waals surface area contributed by atoms with Crippen molar-refractivity contribution >= 4 is 5.91 Å². The maximum atomic E-state index is 12.7. The molecule has 0 unspecified atom stereocenters. The second-order valence-corrected chi connectivity index (χ2v) is 14.4. The molecule has 1 amide bonds. The quantitative estimate of drug-likeness (QED) is 0.0646. The van der Waals surface area contributed by atoms with Gasteiger partial charge in [0.05, 0.1) is 39.1 Å². The van der Waals surface area contributed by atoms with E-state index in [0.29, 0.717) is 0 Å². The molecule has 58 heavy (non-hydrogen) atoms. The van der Waals surface area contributed by atoms with Crippen LogP contribution in [0, 0.1) is 0 Å². The second kappa shape index (κ2) is 21.5. The number of ether oxygens (including phenoxy) is 8. The highest BCUT2D eigenvalue weighted by Crippen LogP contribution is 2.36. The van der Waals surface area contributed by atoms with Crippen LogP contribution in [0.25, 0.3) is 0 Å². The van der Waals surface area contributed by atoms with Crippen LogP contribution in [-0.4, -0.2) is 268 Å². The Balaban J connectivity index is 1.74. The van der Waals surface area contributed by atoms with Gasteiger partial charge in [0.15, 0.2) is 25.2 Å². The van der Waals surface area contributed by atoms with E-state index < -0.39 is 186 Å². The van der Waals surface area contributed by atoms with Gasteiger partial charge in [-0.15, -0.1) is 0 Å². The van der Waals surface area contributed by atoms with Crippen molar-refractivity contribution < 1.29 is 124 Å². The first-order valence-corrected chi connectivity index (χ1v) is 18.4. The molecule has 4 heterocycles. The molecule has 0 aromatic rings. The summed E-state index contributed by atoms with van der Waals surface area (Å²) in [6.07, 6.45) is -43.1. The van der Waals surface area contributed by atoms with Crippen molar-refractivity contribution in [3.63, 3.8) is 0 Å². The third kappa shape index (κ3) is 10.7. The lowest BCUT2D eigenvalue weighted by Crippen LogP contribution is -2.71. The van der Waals surface area contributed by atoms with E-state index >= 15 is 0 Å². The molecule has 0 bridgehead atoms. The van der Waals surface area contributed by atoms with Crippen LogP contribution in [0.1, 0.15) is 13.8 Å². The topological polar surface area (TPSA) is 427 Å². The Hall–Kier alpha value is -1.49. The number of carbonyl (C=O) groups is 1. The molecule has 340 valence electrons. The Morgan fingerprint density at radius 2 is 1.03 bits per heavy atom. The van der Waals surface area contributed by atoms with Crippen molar-refractivity contribution in [3.05, 3.63) is 0 Å². The summed E-state index contributed by atoms with van der Waals surface area (Å²) in [5, 5.41) is 168. The molecule has 4 aliphatic rings. The predicted molar refractivity (Wildman–Crippen MR) is 179 cm³/mol. The standard InChI is InChI=1S/C32H57NO25/c1-8-16(42)20(46)22(48)30(51-8)57-27-15(33-9(2)39)29(54-14(7-38)26(27)56-31-23(49)21(47)18(44)12(5-36)52-31)58-28-19(45)13(6-37)53-32(24(28)50)55-25(11(41)4-35)17(43)10(40)3-34/h8,10-32,34-38,40-50H,3-7H2,1-2H3,(H,33,39)/t8-,10-,11+,12+,13+,14+,15+,16+,17+,18-,19-,20+,21-,22-,23+,24+,25+,26+,27+,28-,29-,30-,31-,32-/m0/s1. The normalized spacial score (nSPS) is 45.9. The number of nitrogens with one attached hydrogen (secondary N) is 1. The van der Waals surface area contributed by atoms with Gasteiger partial charge in [-0.2, -0.15) is 0 Å². The number of hydrogen-bond donors (Lipinski definition) is 17. The van der Waals surface area contributed by atoms with Gasteiger partial charge in [-0.3, -0.25) is 4.79 Å². The highest BCUT2D eigenvalue weighted by atomic mass is 16.8. The Labute approximate surface area is 329 Å². The van der Waals surface area contributed by atoms with Gasteiger partial charge in [-0.25, -0.2) is 0 Å². The lowest BCUT2D eigenvalue weighted by molar-refractivity contribution is -0.388. The largest absolute Gasteiger partial charge is 0.394 e. The zero-order chi connectivity index (χ0) is 43.3. The average Bonchev–Trinajstić information content (AvgIpc) is 3.20. The van der Waals surface area contributed by atoms with E-state index in [9.17, 15) is 86.5 Å².